The molecule has 0 aromatic heterocycles. The fourth-order valence-electron chi connectivity index (χ4n) is 2.61. The largest absolute Gasteiger partial charge is 0.288 e. The van der Waals surface area contributed by atoms with E-state index in [9.17, 15) is 0 Å². The van der Waals surface area contributed by atoms with Crippen LogP contribution in [0.1, 0.15) is 38.8 Å². The van der Waals surface area contributed by atoms with Crippen LogP contribution in [-0.4, -0.2) is 11.9 Å². The first-order valence-electron chi connectivity index (χ1n) is 5.22. The maximum Gasteiger partial charge on any atom is 0.0413 e. The summed E-state index contributed by atoms with van der Waals surface area (Å²) >= 11 is 0. The van der Waals surface area contributed by atoms with Gasteiger partial charge in [0.1, 0.15) is 0 Å². The van der Waals surface area contributed by atoms with Crippen LogP contribution in [0.4, 0.5) is 0 Å². The van der Waals surface area contributed by atoms with Crippen molar-refractivity contribution in [3.63, 3.8) is 0 Å². The molecule has 0 unspecified atom stereocenters. The summed E-state index contributed by atoms with van der Waals surface area (Å²) in [6, 6.07) is 8.77. The summed E-state index contributed by atoms with van der Waals surface area (Å²) in [6.45, 7) is 9.17. The molecular formula is C13H19N. The summed E-state index contributed by atoms with van der Waals surface area (Å²) in [5, 5.41) is 0. The van der Waals surface area contributed by atoms with E-state index in [-0.39, 0.29) is 11.1 Å². The average molecular weight is 189 g/mol. The van der Waals surface area contributed by atoms with E-state index in [4.69, 9.17) is 0 Å². The van der Waals surface area contributed by atoms with Gasteiger partial charge in [0.25, 0.3) is 0 Å². The number of hydrogen-bond donors (Lipinski definition) is 0. The third kappa shape index (κ3) is 0.992. The maximum absolute atomic E-state index is 2.45. The maximum atomic E-state index is 2.45. The van der Waals surface area contributed by atoms with Crippen LogP contribution >= 0.6 is 0 Å². The minimum absolute atomic E-state index is 0.153. The lowest BCUT2D eigenvalue weighted by Crippen LogP contribution is -2.42. The van der Waals surface area contributed by atoms with E-state index < -0.39 is 0 Å². The minimum atomic E-state index is 0.153. The summed E-state index contributed by atoms with van der Waals surface area (Å²) in [5.41, 5.74) is 3.24. The lowest BCUT2D eigenvalue weighted by atomic mass is 9.91. The van der Waals surface area contributed by atoms with Crippen molar-refractivity contribution in [2.75, 3.05) is 7.05 Å². The molecule has 1 aromatic rings. The van der Waals surface area contributed by atoms with Crippen LogP contribution < -0.4 is 0 Å². The molecule has 1 heteroatoms. The zero-order valence-corrected chi connectivity index (χ0v) is 9.76. The van der Waals surface area contributed by atoms with Crippen LogP contribution in [0.5, 0.6) is 0 Å². The minimum Gasteiger partial charge on any atom is -0.288 e. The first-order valence-corrected chi connectivity index (χ1v) is 5.22. The fraction of sp³-hybridized carbons (Fsp3) is 0.538. The molecule has 2 rings (SSSR count). The van der Waals surface area contributed by atoms with Crippen molar-refractivity contribution in [2.24, 2.45) is 0 Å². The Morgan fingerprint density at radius 2 is 1.21 bits per heavy atom. The lowest BCUT2D eigenvalue weighted by molar-refractivity contribution is 0.0730. The normalized spacial score (nSPS) is 23.5. The van der Waals surface area contributed by atoms with E-state index in [2.05, 4.69) is 63.9 Å². The van der Waals surface area contributed by atoms with Gasteiger partial charge in [-0.05, 0) is 45.9 Å². The molecule has 0 fully saturated rings. The molecule has 0 amide bonds. The van der Waals surface area contributed by atoms with Gasteiger partial charge in [0.2, 0.25) is 0 Å². The van der Waals surface area contributed by atoms with Gasteiger partial charge in [-0.1, -0.05) is 24.3 Å². The number of rotatable bonds is 0. The Hall–Kier alpha value is -0.820. The molecule has 1 aliphatic rings. The second-order valence-corrected chi connectivity index (χ2v) is 5.22. The number of hydrogen-bond acceptors (Lipinski definition) is 1. The molecule has 1 aliphatic heterocycles. The number of nitrogens with zero attached hydrogens (tertiary/aromatic N) is 1. The quantitative estimate of drug-likeness (QED) is 0.606. The molecule has 1 nitrogen and oxygen atoms in total. The van der Waals surface area contributed by atoms with Gasteiger partial charge in [-0.2, -0.15) is 0 Å². The van der Waals surface area contributed by atoms with E-state index >= 15 is 0 Å². The van der Waals surface area contributed by atoms with Crippen molar-refractivity contribution >= 4 is 0 Å². The van der Waals surface area contributed by atoms with Crippen LogP contribution in [0.2, 0.25) is 0 Å². The SMILES string of the molecule is CN1C(C)(C)c2ccccc2C1(C)C. The number of benzene rings is 1. The Morgan fingerprint density at radius 3 is 1.57 bits per heavy atom. The molecule has 0 N–H and O–H groups in total. The Balaban J connectivity index is 2.70. The van der Waals surface area contributed by atoms with E-state index in [0.29, 0.717) is 0 Å². The predicted octanol–water partition coefficient (Wildman–Crippen LogP) is 3.10. The molecule has 0 saturated heterocycles. The van der Waals surface area contributed by atoms with Crippen LogP contribution in [-0.2, 0) is 11.1 Å². The van der Waals surface area contributed by atoms with Crippen LogP contribution in [0.15, 0.2) is 24.3 Å². The fourth-order valence-corrected chi connectivity index (χ4v) is 2.61. The highest BCUT2D eigenvalue weighted by Crippen LogP contribution is 2.47. The second-order valence-electron chi connectivity index (χ2n) is 5.22. The van der Waals surface area contributed by atoms with E-state index in [1.54, 1.807) is 0 Å². The topological polar surface area (TPSA) is 3.24 Å². The average Bonchev–Trinajstić information content (AvgIpc) is 2.28. The molecular weight excluding hydrogens is 170 g/mol. The highest BCUT2D eigenvalue weighted by Gasteiger charge is 2.46. The molecule has 1 heterocycles. The predicted molar refractivity (Wildman–Crippen MR) is 60.3 cm³/mol. The second kappa shape index (κ2) is 2.60. The Morgan fingerprint density at radius 1 is 0.857 bits per heavy atom. The summed E-state index contributed by atoms with van der Waals surface area (Å²) in [4.78, 5) is 2.45. The molecule has 0 spiro atoms. The van der Waals surface area contributed by atoms with Crippen LogP contribution in [0.25, 0.3) is 0 Å². The summed E-state index contributed by atoms with van der Waals surface area (Å²) < 4.78 is 0. The van der Waals surface area contributed by atoms with Gasteiger partial charge in [0.15, 0.2) is 0 Å². The molecule has 14 heavy (non-hydrogen) atoms. The first kappa shape index (κ1) is 9.72. The van der Waals surface area contributed by atoms with Gasteiger partial charge in [0, 0.05) is 11.1 Å². The highest BCUT2D eigenvalue weighted by atomic mass is 15.2. The highest BCUT2D eigenvalue weighted by molar-refractivity contribution is 5.42. The zero-order chi connectivity index (χ0) is 10.6. The van der Waals surface area contributed by atoms with Crippen LogP contribution in [0, 0.1) is 0 Å². The summed E-state index contributed by atoms with van der Waals surface area (Å²) in [7, 11) is 2.21. The van der Waals surface area contributed by atoms with Gasteiger partial charge in [-0.25, -0.2) is 0 Å². The van der Waals surface area contributed by atoms with Crippen molar-refractivity contribution < 1.29 is 0 Å². The van der Waals surface area contributed by atoms with Crippen molar-refractivity contribution in [2.45, 2.75) is 38.8 Å². The Labute approximate surface area is 86.7 Å². The van der Waals surface area contributed by atoms with E-state index in [1.807, 2.05) is 0 Å². The van der Waals surface area contributed by atoms with Gasteiger partial charge in [0.05, 0.1) is 0 Å². The smallest absolute Gasteiger partial charge is 0.0413 e. The van der Waals surface area contributed by atoms with Crippen molar-refractivity contribution in [3.05, 3.63) is 35.4 Å². The third-order valence-electron chi connectivity index (χ3n) is 3.92. The van der Waals surface area contributed by atoms with E-state index in [0.717, 1.165) is 0 Å². The lowest BCUT2D eigenvalue weighted by Gasteiger charge is -2.37. The first-order chi connectivity index (χ1) is 6.38. The molecule has 76 valence electrons. The van der Waals surface area contributed by atoms with E-state index in [1.165, 1.54) is 11.1 Å². The van der Waals surface area contributed by atoms with Crippen molar-refractivity contribution in [1.29, 1.82) is 0 Å². The van der Waals surface area contributed by atoms with Crippen molar-refractivity contribution in [1.82, 2.24) is 4.90 Å². The Kier molecular flexibility index (Phi) is 1.81. The van der Waals surface area contributed by atoms with Gasteiger partial charge >= 0.3 is 0 Å². The third-order valence-corrected chi connectivity index (χ3v) is 3.92. The molecule has 0 saturated carbocycles. The Bertz CT molecular complexity index is 328. The van der Waals surface area contributed by atoms with Gasteiger partial charge in [-0.3, -0.25) is 4.90 Å². The molecule has 0 aliphatic carbocycles. The monoisotopic (exact) mass is 189 g/mol. The standard InChI is InChI=1S/C13H19N/c1-12(2)10-8-6-7-9-11(10)13(3,4)14(12)5/h6-9H,1-5H3. The summed E-state index contributed by atoms with van der Waals surface area (Å²) in [5.74, 6) is 0. The molecule has 0 atom stereocenters. The molecule has 0 bridgehead atoms. The van der Waals surface area contributed by atoms with Gasteiger partial charge < -0.3 is 0 Å². The van der Waals surface area contributed by atoms with Gasteiger partial charge in [-0.15, -0.1) is 0 Å². The number of fused-ring (bicyclic) bond motifs is 1. The zero-order valence-electron chi connectivity index (χ0n) is 9.76. The molecule has 1 aromatic carbocycles. The van der Waals surface area contributed by atoms with Crippen molar-refractivity contribution in [3.8, 4) is 0 Å². The molecule has 0 radical (unpaired) electrons. The summed E-state index contributed by atoms with van der Waals surface area (Å²) in [6.07, 6.45) is 0. The van der Waals surface area contributed by atoms with Crippen LogP contribution in [0.3, 0.4) is 0 Å².